The third-order valence-corrected chi connectivity index (χ3v) is 6.33. The topological polar surface area (TPSA) is 153 Å². The lowest BCUT2D eigenvalue weighted by Gasteiger charge is -2.20. The van der Waals surface area contributed by atoms with E-state index in [1.165, 1.54) is 0 Å². The number of carbonyl (C=O) groups is 2. The van der Waals surface area contributed by atoms with Crippen molar-refractivity contribution in [3.63, 3.8) is 0 Å². The highest BCUT2D eigenvalue weighted by molar-refractivity contribution is 5.82. The number of ether oxygens (including phenoxy) is 1. The second-order valence-corrected chi connectivity index (χ2v) is 11.1. The van der Waals surface area contributed by atoms with Gasteiger partial charge in [-0.25, -0.2) is 4.79 Å². The number of alkyl carbamates (subject to hydrolysis) is 1. The van der Waals surface area contributed by atoms with Crippen LogP contribution >= 0.6 is 0 Å². The van der Waals surface area contributed by atoms with Crippen molar-refractivity contribution in [2.75, 3.05) is 6.54 Å². The molecule has 40 heavy (non-hydrogen) atoms. The summed E-state index contributed by atoms with van der Waals surface area (Å²) in [4.78, 5) is 29.7. The van der Waals surface area contributed by atoms with E-state index in [1.807, 2.05) is 65.0 Å². The van der Waals surface area contributed by atoms with Crippen molar-refractivity contribution < 1.29 is 24.0 Å². The molecular formula is C30H41N5O5. The van der Waals surface area contributed by atoms with Gasteiger partial charge in [0.25, 0.3) is 0 Å². The van der Waals surface area contributed by atoms with E-state index in [1.54, 1.807) is 12.1 Å². The Labute approximate surface area is 235 Å². The number of rotatable bonds is 12. The summed E-state index contributed by atoms with van der Waals surface area (Å²) < 4.78 is 10.8. The first-order chi connectivity index (χ1) is 18.9. The van der Waals surface area contributed by atoms with Gasteiger partial charge in [-0.15, -0.1) is 0 Å². The average molecular weight is 552 g/mol. The highest BCUT2D eigenvalue weighted by atomic mass is 16.6. The molecule has 3 aromatic rings. The molecule has 0 saturated carbocycles. The van der Waals surface area contributed by atoms with Gasteiger partial charge in [0.1, 0.15) is 17.4 Å². The van der Waals surface area contributed by atoms with Crippen molar-refractivity contribution >= 4 is 12.0 Å². The Bertz CT molecular complexity index is 1250. The Morgan fingerprint density at radius 2 is 1.77 bits per heavy atom. The molecule has 0 fully saturated rings. The summed E-state index contributed by atoms with van der Waals surface area (Å²) in [5.74, 6) is 0.669. The van der Waals surface area contributed by atoms with Crippen LogP contribution in [0.3, 0.4) is 0 Å². The standard InChI is InChI=1S/C30H41N5O5/c1-19-15-22(36)16-20(2)23(19)18-24(31)27(37)33-25(13-9-10-14-32-29(38)39-30(3,4)5)28-34-26(35-40-28)17-21-11-7-6-8-12-21/h6-8,11-12,15-16,24-25,36H,9-10,13-14,17-18,31H2,1-5H3,(H,32,38)(H,33,37)/t24-,25+/m1/s1. The number of aromatic hydroxyl groups is 1. The van der Waals surface area contributed by atoms with Crippen molar-refractivity contribution in [2.45, 2.75) is 84.4 Å². The van der Waals surface area contributed by atoms with Gasteiger partial charge in [-0.05, 0) is 94.7 Å². The summed E-state index contributed by atoms with van der Waals surface area (Å²) >= 11 is 0. The molecule has 10 heteroatoms. The Hall–Kier alpha value is -3.92. The van der Waals surface area contributed by atoms with Gasteiger partial charge in [-0.1, -0.05) is 35.5 Å². The summed E-state index contributed by atoms with van der Waals surface area (Å²) in [5.41, 5.74) is 9.47. The minimum Gasteiger partial charge on any atom is -0.508 e. The summed E-state index contributed by atoms with van der Waals surface area (Å²) in [6.07, 6.45) is 2.20. The number of phenols is 1. The number of unbranched alkanes of at least 4 members (excludes halogenated alkanes) is 1. The lowest BCUT2D eigenvalue weighted by Crippen LogP contribution is -2.44. The van der Waals surface area contributed by atoms with E-state index < -0.39 is 23.8 Å². The van der Waals surface area contributed by atoms with E-state index in [4.69, 9.17) is 15.0 Å². The molecule has 0 aliphatic rings. The number of aromatic nitrogens is 2. The van der Waals surface area contributed by atoms with E-state index >= 15 is 0 Å². The van der Waals surface area contributed by atoms with Gasteiger partial charge in [-0.2, -0.15) is 4.98 Å². The van der Waals surface area contributed by atoms with E-state index in [0.717, 1.165) is 22.3 Å². The number of benzene rings is 2. The quantitative estimate of drug-likeness (QED) is 0.242. The van der Waals surface area contributed by atoms with Gasteiger partial charge < -0.3 is 30.7 Å². The molecule has 2 aromatic carbocycles. The number of carbonyl (C=O) groups excluding carboxylic acids is 2. The van der Waals surface area contributed by atoms with Crippen molar-refractivity contribution in [2.24, 2.45) is 5.73 Å². The summed E-state index contributed by atoms with van der Waals surface area (Å²) in [5, 5.41) is 19.7. The molecule has 0 saturated heterocycles. The molecule has 0 bridgehead atoms. The summed E-state index contributed by atoms with van der Waals surface area (Å²) in [6.45, 7) is 9.63. The first-order valence-corrected chi connectivity index (χ1v) is 13.6. The van der Waals surface area contributed by atoms with E-state index in [-0.39, 0.29) is 11.7 Å². The smallest absolute Gasteiger partial charge is 0.407 e. The van der Waals surface area contributed by atoms with E-state index in [2.05, 4.69) is 20.8 Å². The van der Waals surface area contributed by atoms with Crippen LogP contribution in [-0.2, 0) is 22.4 Å². The van der Waals surface area contributed by atoms with Gasteiger partial charge in [-0.3, -0.25) is 4.79 Å². The van der Waals surface area contributed by atoms with Crippen LogP contribution in [0.1, 0.15) is 80.0 Å². The number of phenolic OH excluding ortho intramolecular Hbond substituents is 1. The van der Waals surface area contributed by atoms with Crippen LogP contribution in [-0.4, -0.2) is 45.4 Å². The Kier molecular flexibility index (Phi) is 10.7. The average Bonchev–Trinajstić information content (AvgIpc) is 3.32. The molecule has 1 aromatic heterocycles. The molecule has 3 rings (SSSR count). The predicted octanol–water partition coefficient (Wildman–Crippen LogP) is 4.41. The number of nitrogens with two attached hydrogens (primary N) is 1. The third-order valence-electron chi connectivity index (χ3n) is 6.33. The molecule has 0 unspecified atom stereocenters. The Balaban J connectivity index is 1.65. The molecule has 2 atom stereocenters. The Morgan fingerprint density at radius 3 is 2.42 bits per heavy atom. The maximum absolute atomic E-state index is 13.2. The molecule has 0 aliphatic heterocycles. The molecular weight excluding hydrogens is 510 g/mol. The Morgan fingerprint density at radius 1 is 1.10 bits per heavy atom. The zero-order valence-corrected chi connectivity index (χ0v) is 24.0. The van der Waals surface area contributed by atoms with Gasteiger partial charge in [0.15, 0.2) is 5.82 Å². The van der Waals surface area contributed by atoms with Crippen LogP contribution in [0.5, 0.6) is 5.75 Å². The molecule has 0 aliphatic carbocycles. The van der Waals surface area contributed by atoms with Crippen LogP contribution in [0.15, 0.2) is 47.0 Å². The minimum absolute atomic E-state index is 0.181. The lowest BCUT2D eigenvalue weighted by molar-refractivity contribution is -0.123. The van der Waals surface area contributed by atoms with Gasteiger partial charge >= 0.3 is 6.09 Å². The monoisotopic (exact) mass is 551 g/mol. The fourth-order valence-corrected chi connectivity index (χ4v) is 4.38. The molecule has 0 radical (unpaired) electrons. The molecule has 2 amide bonds. The molecule has 1 heterocycles. The number of nitrogens with one attached hydrogen (secondary N) is 2. The predicted molar refractivity (Wildman–Crippen MR) is 152 cm³/mol. The van der Waals surface area contributed by atoms with Gasteiger partial charge in [0, 0.05) is 13.0 Å². The molecule has 0 spiro atoms. The van der Waals surface area contributed by atoms with E-state index in [0.29, 0.717) is 50.4 Å². The fourth-order valence-electron chi connectivity index (χ4n) is 4.38. The van der Waals surface area contributed by atoms with Crippen LogP contribution in [0, 0.1) is 13.8 Å². The fraction of sp³-hybridized carbons (Fsp3) is 0.467. The number of aryl methyl sites for hydroxylation is 2. The van der Waals surface area contributed by atoms with Crippen LogP contribution in [0.25, 0.3) is 0 Å². The highest BCUT2D eigenvalue weighted by Crippen LogP contribution is 2.23. The molecule has 10 nitrogen and oxygen atoms in total. The lowest BCUT2D eigenvalue weighted by atomic mass is 9.95. The number of amides is 2. The summed E-state index contributed by atoms with van der Waals surface area (Å²) in [7, 11) is 0. The number of nitrogens with zero attached hydrogens (tertiary/aromatic N) is 2. The van der Waals surface area contributed by atoms with Crippen LogP contribution in [0.2, 0.25) is 0 Å². The maximum atomic E-state index is 13.2. The highest BCUT2D eigenvalue weighted by Gasteiger charge is 2.25. The SMILES string of the molecule is Cc1cc(O)cc(C)c1C[C@@H](N)C(=O)N[C@@H](CCCCNC(=O)OC(C)(C)C)c1nc(Cc2ccccc2)no1. The summed E-state index contributed by atoms with van der Waals surface area (Å²) in [6, 6.07) is 11.8. The third kappa shape index (κ3) is 9.68. The molecule has 216 valence electrons. The largest absolute Gasteiger partial charge is 0.508 e. The molecule has 5 N–H and O–H groups in total. The zero-order valence-electron chi connectivity index (χ0n) is 24.0. The maximum Gasteiger partial charge on any atom is 0.407 e. The first kappa shape index (κ1) is 30.6. The number of hydrogen-bond donors (Lipinski definition) is 4. The van der Waals surface area contributed by atoms with Crippen molar-refractivity contribution in [1.82, 2.24) is 20.8 Å². The van der Waals surface area contributed by atoms with E-state index in [9.17, 15) is 14.7 Å². The number of hydrogen-bond acceptors (Lipinski definition) is 8. The normalized spacial score (nSPS) is 12.9. The second-order valence-electron chi connectivity index (χ2n) is 11.1. The van der Waals surface area contributed by atoms with Gasteiger partial charge in [0.2, 0.25) is 11.8 Å². The first-order valence-electron chi connectivity index (χ1n) is 13.6. The van der Waals surface area contributed by atoms with Crippen molar-refractivity contribution in [3.05, 3.63) is 76.4 Å². The van der Waals surface area contributed by atoms with Crippen LogP contribution in [0.4, 0.5) is 4.79 Å². The van der Waals surface area contributed by atoms with Crippen LogP contribution < -0.4 is 16.4 Å². The zero-order chi connectivity index (χ0) is 29.3. The van der Waals surface area contributed by atoms with Gasteiger partial charge in [0.05, 0.1) is 6.04 Å². The minimum atomic E-state index is -0.815. The van der Waals surface area contributed by atoms with Crippen molar-refractivity contribution in [3.8, 4) is 5.75 Å². The second kappa shape index (κ2) is 13.9. The van der Waals surface area contributed by atoms with Crippen molar-refractivity contribution in [1.29, 1.82) is 0 Å².